The van der Waals surface area contributed by atoms with Crippen LogP contribution in [0.2, 0.25) is 0 Å². The molecular weight excluding hydrogens is 418 g/mol. The highest BCUT2D eigenvalue weighted by molar-refractivity contribution is 7.90. The number of fused-ring (bicyclic) bond motifs is 1. The molecule has 2 aromatic carbocycles. The van der Waals surface area contributed by atoms with Crippen molar-refractivity contribution in [1.29, 1.82) is 0 Å². The van der Waals surface area contributed by atoms with Gasteiger partial charge in [-0.15, -0.1) is 4.40 Å². The van der Waals surface area contributed by atoms with Gasteiger partial charge in [0.05, 0.1) is 13.2 Å². The highest BCUT2D eigenvalue weighted by Crippen LogP contribution is 2.29. The quantitative estimate of drug-likeness (QED) is 0.517. The summed E-state index contributed by atoms with van der Waals surface area (Å²) in [5.41, 5.74) is 1.29. The first-order chi connectivity index (χ1) is 14.9. The molecule has 1 saturated heterocycles. The summed E-state index contributed by atoms with van der Waals surface area (Å²) in [7, 11) is -1.94. The lowest BCUT2D eigenvalue weighted by atomic mass is 10.1. The van der Waals surface area contributed by atoms with Gasteiger partial charge < -0.3 is 14.4 Å². The Labute approximate surface area is 182 Å². The van der Waals surface area contributed by atoms with E-state index in [2.05, 4.69) is 9.30 Å². The molecule has 8 nitrogen and oxygen atoms in total. The van der Waals surface area contributed by atoms with Gasteiger partial charge in [0.15, 0.2) is 5.84 Å². The number of esters is 1. The van der Waals surface area contributed by atoms with Crippen LogP contribution in [-0.2, 0) is 19.6 Å². The molecule has 0 bridgehead atoms. The SMILES string of the molecule is CCC(C(=O)Oc1ccc(N(C)C2=NS(=O)(=O)c3ccccc32)cc1)N1CCOCC1. The molecule has 9 heteroatoms. The minimum absolute atomic E-state index is 0.205. The van der Waals surface area contributed by atoms with Gasteiger partial charge in [0.25, 0.3) is 10.0 Å². The fraction of sp³-hybridized carbons (Fsp3) is 0.364. The Bertz CT molecular complexity index is 1090. The highest BCUT2D eigenvalue weighted by Gasteiger charge is 2.31. The summed E-state index contributed by atoms with van der Waals surface area (Å²) in [5, 5.41) is 0. The summed E-state index contributed by atoms with van der Waals surface area (Å²) in [6, 6.07) is 13.4. The monoisotopic (exact) mass is 443 g/mol. The molecule has 0 aliphatic carbocycles. The van der Waals surface area contributed by atoms with E-state index >= 15 is 0 Å². The van der Waals surface area contributed by atoms with E-state index < -0.39 is 10.0 Å². The first-order valence-electron chi connectivity index (χ1n) is 10.2. The molecule has 31 heavy (non-hydrogen) atoms. The zero-order valence-corrected chi connectivity index (χ0v) is 18.3. The maximum absolute atomic E-state index is 12.7. The molecule has 0 spiro atoms. The van der Waals surface area contributed by atoms with Crippen LogP contribution in [0.3, 0.4) is 0 Å². The Morgan fingerprint density at radius 2 is 1.84 bits per heavy atom. The van der Waals surface area contributed by atoms with Crippen LogP contribution in [0.25, 0.3) is 0 Å². The van der Waals surface area contributed by atoms with Crippen LogP contribution in [0.15, 0.2) is 57.8 Å². The molecule has 0 saturated carbocycles. The Hall–Kier alpha value is -2.75. The summed E-state index contributed by atoms with van der Waals surface area (Å²) in [5.74, 6) is 0.514. The zero-order valence-electron chi connectivity index (χ0n) is 17.5. The molecule has 2 aromatic rings. The number of hydrogen-bond acceptors (Lipinski definition) is 7. The van der Waals surface area contributed by atoms with Crippen molar-refractivity contribution in [2.75, 3.05) is 38.3 Å². The number of rotatable bonds is 5. The number of benzene rings is 2. The lowest BCUT2D eigenvalue weighted by Gasteiger charge is -2.32. The number of sulfonamides is 1. The first-order valence-corrected chi connectivity index (χ1v) is 11.7. The lowest BCUT2D eigenvalue weighted by Crippen LogP contribution is -2.48. The molecule has 0 amide bonds. The number of ether oxygens (including phenoxy) is 2. The Balaban J connectivity index is 1.48. The average Bonchev–Trinajstić information content (AvgIpc) is 3.06. The third kappa shape index (κ3) is 4.34. The van der Waals surface area contributed by atoms with Crippen LogP contribution in [0.4, 0.5) is 5.69 Å². The maximum Gasteiger partial charge on any atom is 0.328 e. The van der Waals surface area contributed by atoms with E-state index in [0.717, 1.165) is 5.69 Å². The van der Waals surface area contributed by atoms with Crippen molar-refractivity contribution in [3.05, 3.63) is 54.1 Å². The summed E-state index contributed by atoms with van der Waals surface area (Å²) in [6.07, 6.45) is 0.660. The maximum atomic E-state index is 12.7. The number of carbonyl (C=O) groups excluding carboxylic acids is 1. The van der Waals surface area contributed by atoms with Gasteiger partial charge in [0, 0.05) is 31.4 Å². The smallest absolute Gasteiger partial charge is 0.328 e. The van der Waals surface area contributed by atoms with Crippen molar-refractivity contribution >= 4 is 27.5 Å². The summed E-state index contributed by atoms with van der Waals surface area (Å²) < 4.78 is 39.5. The van der Waals surface area contributed by atoms with Crippen LogP contribution < -0.4 is 9.64 Å². The van der Waals surface area contributed by atoms with Gasteiger partial charge in [0.1, 0.15) is 16.7 Å². The molecule has 1 fully saturated rings. The fourth-order valence-corrected chi connectivity index (χ4v) is 5.07. The minimum Gasteiger partial charge on any atom is -0.425 e. The van der Waals surface area contributed by atoms with Crippen molar-refractivity contribution in [2.24, 2.45) is 4.40 Å². The van der Waals surface area contributed by atoms with Gasteiger partial charge in [-0.3, -0.25) is 4.90 Å². The predicted molar refractivity (Wildman–Crippen MR) is 117 cm³/mol. The van der Waals surface area contributed by atoms with E-state index in [1.165, 1.54) is 0 Å². The number of morpholine rings is 1. The van der Waals surface area contributed by atoms with Gasteiger partial charge in [-0.25, -0.2) is 4.79 Å². The van der Waals surface area contributed by atoms with Crippen LogP contribution in [0, 0.1) is 0 Å². The topological polar surface area (TPSA) is 88.5 Å². The number of nitrogens with zero attached hydrogens (tertiary/aromatic N) is 3. The second-order valence-corrected chi connectivity index (χ2v) is 9.01. The first kappa shape index (κ1) is 21.5. The van der Waals surface area contributed by atoms with Gasteiger partial charge in [-0.05, 0) is 42.8 Å². The van der Waals surface area contributed by atoms with Gasteiger partial charge in [0.2, 0.25) is 0 Å². The summed E-state index contributed by atoms with van der Waals surface area (Å²) in [4.78, 5) is 16.7. The second kappa shape index (κ2) is 8.78. The van der Waals surface area contributed by atoms with Crippen molar-refractivity contribution in [1.82, 2.24) is 4.90 Å². The molecule has 0 N–H and O–H groups in total. The Kier molecular flexibility index (Phi) is 6.08. The molecule has 1 atom stereocenters. The molecule has 164 valence electrons. The Morgan fingerprint density at radius 1 is 1.16 bits per heavy atom. The van der Waals surface area contributed by atoms with Crippen LogP contribution in [0.5, 0.6) is 5.75 Å². The fourth-order valence-electron chi connectivity index (χ4n) is 3.84. The third-order valence-electron chi connectivity index (χ3n) is 5.52. The molecular formula is C22H25N3O5S. The number of carbonyl (C=O) groups is 1. The average molecular weight is 444 g/mol. The van der Waals surface area contributed by atoms with Crippen molar-refractivity contribution in [2.45, 2.75) is 24.3 Å². The Morgan fingerprint density at radius 3 is 2.52 bits per heavy atom. The minimum atomic E-state index is -3.69. The summed E-state index contributed by atoms with van der Waals surface area (Å²) in [6.45, 7) is 4.63. The van der Waals surface area contributed by atoms with Gasteiger partial charge in [-0.2, -0.15) is 8.42 Å². The highest BCUT2D eigenvalue weighted by atomic mass is 32.2. The normalized spacial score (nSPS) is 18.7. The molecule has 0 radical (unpaired) electrons. The molecule has 2 aliphatic heterocycles. The van der Waals surface area contributed by atoms with Crippen molar-refractivity contribution in [3.63, 3.8) is 0 Å². The predicted octanol–water partition coefficient (Wildman–Crippen LogP) is 2.29. The van der Waals surface area contributed by atoms with Crippen LogP contribution in [-0.4, -0.2) is 64.5 Å². The molecule has 4 rings (SSSR count). The van der Waals surface area contributed by atoms with Crippen molar-refractivity contribution < 1.29 is 22.7 Å². The van der Waals surface area contributed by atoms with Crippen LogP contribution in [0.1, 0.15) is 18.9 Å². The largest absolute Gasteiger partial charge is 0.425 e. The molecule has 2 aliphatic rings. The number of amidine groups is 1. The lowest BCUT2D eigenvalue weighted by molar-refractivity contribution is -0.142. The summed E-state index contributed by atoms with van der Waals surface area (Å²) >= 11 is 0. The molecule has 1 unspecified atom stereocenters. The standard InChI is InChI=1S/C22H25N3O5S/c1-3-19(25-12-14-29-15-13-25)22(26)30-17-10-8-16(9-11-17)24(2)21-18-6-4-5-7-20(18)31(27,28)23-21/h4-11,19H,3,12-15H2,1-2H3. The van der Waals surface area contributed by atoms with E-state index in [1.807, 2.05) is 6.92 Å². The number of hydrogen-bond donors (Lipinski definition) is 0. The number of anilines is 1. The van der Waals surface area contributed by atoms with Crippen LogP contribution >= 0.6 is 0 Å². The molecule has 0 aromatic heterocycles. The van der Waals surface area contributed by atoms with E-state index in [0.29, 0.717) is 49.9 Å². The second-order valence-electron chi connectivity index (χ2n) is 7.43. The van der Waals surface area contributed by atoms with E-state index in [9.17, 15) is 13.2 Å². The van der Waals surface area contributed by atoms with E-state index in [-0.39, 0.29) is 16.9 Å². The van der Waals surface area contributed by atoms with Gasteiger partial charge >= 0.3 is 5.97 Å². The molecule has 2 heterocycles. The van der Waals surface area contributed by atoms with E-state index in [4.69, 9.17) is 9.47 Å². The van der Waals surface area contributed by atoms with E-state index in [1.54, 1.807) is 60.5 Å². The third-order valence-corrected chi connectivity index (χ3v) is 6.84. The zero-order chi connectivity index (χ0) is 22.0. The van der Waals surface area contributed by atoms with Gasteiger partial charge in [-0.1, -0.05) is 19.1 Å². The van der Waals surface area contributed by atoms with Crippen molar-refractivity contribution in [3.8, 4) is 5.75 Å².